The molecule has 8 nitrogen and oxygen atoms in total. The highest BCUT2D eigenvalue weighted by Crippen LogP contribution is 2.23. The van der Waals surface area contributed by atoms with Crippen molar-refractivity contribution in [3.05, 3.63) is 36.2 Å². The molecule has 0 spiro atoms. The topological polar surface area (TPSA) is 108 Å². The maximum atomic E-state index is 12.7. The fourth-order valence-electron chi connectivity index (χ4n) is 2.96. The molecule has 1 aromatic heterocycles. The van der Waals surface area contributed by atoms with Crippen molar-refractivity contribution in [3.63, 3.8) is 0 Å². The van der Waals surface area contributed by atoms with E-state index in [1.807, 2.05) is 6.92 Å². The normalized spacial score (nSPS) is 18.3. The first kappa shape index (κ1) is 19.8. The van der Waals surface area contributed by atoms with Gasteiger partial charge in [-0.3, -0.25) is 9.89 Å². The zero-order valence-electron chi connectivity index (χ0n) is 15.1. The van der Waals surface area contributed by atoms with Crippen LogP contribution in [0.2, 0.25) is 0 Å². The molecule has 0 unspecified atom stereocenters. The van der Waals surface area contributed by atoms with Gasteiger partial charge in [-0.15, -0.1) is 5.10 Å². The fourth-order valence-corrected chi connectivity index (χ4v) is 5.21. The van der Waals surface area contributed by atoms with E-state index in [4.69, 9.17) is 0 Å². The van der Waals surface area contributed by atoms with Gasteiger partial charge in [0.25, 0.3) is 0 Å². The van der Waals surface area contributed by atoms with Crippen LogP contribution in [0.4, 0.5) is 0 Å². The number of carbonyl (C=O) groups is 1. The zero-order valence-corrected chi connectivity index (χ0v) is 16.7. The van der Waals surface area contributed by atoms with Crippen LogP contribution in [0.1, 0.15) is 18.7 Å². The first-order chi connectivity index (χ1) is 13.0. The summed E-state index contributed by atoms with van der Waals surface area (Å²) in [4.78, 5) is 16.9. The van der Waals surface area contributed by atoms with Crippen LogP contribution in [0.3, 0.4) is 0 Å². The first-order valence-electron chi connectivity index (χ1n) is 8.81. The van der Waals surface area contributed by atoms with Crippen LogP contribution in [0.15, 0.2) is 40.4 Å². The highest BCUT2D eigenvalue weighted by Gasteiger charge is 2.33. The molecular weight excluding hydrogens is 386 g/mol. The molecule has 1 amide bonds. The van der Waals surface area contributed by atoms with E-state index in [-0.39, 0.29) is 23.3 Å². The maximum Gasteiger partial charge on any atom is 0.243 e. The summed E-state index contributed by atoms with van der Waals surface area (Å²) >= 11 is 1.46. The Labute approximate surface area is 163 Å². The number of aromatic nitrogens is 3. The molecule has 2 heterocycles. The Hall–Kier alpha value is -1.91. The fraction of sp³-hybridized carbons (Fsp3) is 0.471. The van der Waals surface area contributed by atoms with Gasteiger partial charge in [-0.25, -0.2) is 13.4 Å². The highest BCUT2D eigenvalue weighted by molar-refractivity contribution is 7.99. The van der Waals surface area contributed by atoms with Crippen LogP contribution in [-0.2, 0) is 14.8 Å². The van der Waals surface area contributed by atoms with Crippen molar-refractivity contribution in [3.8, 4) is 0 Å². The van der Waals surface area contributed by atoms with Crippen LogP contribution in [0.5, 0.6) is 0 Å². The van der Waals surface area contributed by atoms with Crippen LogP contribution in [0.25, 0.3) is 0 Å². The van der Waals surface area contributed by atoms with Crippen LogP contribution in [-0.4, -0.2) is 59.2 Å². The van der Waals surface area contributed by atoms with Gasteiger partial charge < -0.3 is 5.32 Å². The van der Waals surface area contributed by atoms with E-state index >= 15 is 0 Å². The summed E-state index contributed by atoms with van der Waals surface area (Å²) in [6.07, 6.45) is 1.37. The molecule has 3 rings (SSSR count). The summed E-state index contributed by atoms with van der Waals surface area (Å²) in [5.41, 5.74) is 0. The largest absolute Gasteiger partial charge is 0.355 e. The Balaban J connectivity index is 1.50. The Morgan fingerprint density at radius 3 is 2.85 bits per heavy atom. The highest BCUT2D eigenvalue weighted by atomic mass is 32.2. The number of rotatable bonds is 7. The second kappa shape index (κ2) is 8.85. The number of amides is 1. The number of nitrogens with one attached hydrogen (secondary N) is 2. The number of benzene rings is 1. The molecule has 1 fully saturated rings. The van der Waals surface area contributed by atoms with Crippen LogP contribution < -0.4 is 5.32 Å². The van der Waals surface area contributed by atoms with E-state index in [2.05, 4.69) is 20.5 Å². The van der Waals surface area contributed by atoms with E-state index < -0.39 is 10.0 Å². The summed E-state index contributed by atoms with van der Waals surface area (Å²) in [6, 6.07) is 8.36. The standard InChI is InChI=1S/C17H23N5O3S2/c1-13-19-17(21-20-13)26-11-9-18-16(23)14-6-5-10-22(12-14)27(24,25)15-7-3-2-4-8-15/h2-4,7-8,14H,5-6,9-12H2,1H3,(H,18,23)(H,19,20,21)/t14-/m1/s1. The van der Waals surface area contributed by atoms with E-state index in [0.29, 0.717) is 36.8 Å². The molecule has 0 radical (unpaired) electrons. The van der Waals surface area contributed by atoms with Gasteiger partial charge in [0, 0.05) is 25.4 Å². The van der Waals surface area contributed by atoms with E-state index in [1.165, 1.54) is 16.1 Å². The number of aryl methyl sites for hydroxylation is 1. The Bertz CT molecular complexity index is 870. The minimum Gasteiger partial charge on any atom is -0.355 e. The Morgan fingerprint density at radius 2 is 2.15 bits per heavy atom. The van der Waals surface area contributed by atoms with Crippen molar-refractivity contribution in [2.75, 3.05) is 25.4 Å². The minimum absolute atomic E-state index is 0.102. The molecule has 2 N–H and O–H groups in total. The number of H-pyrrole nitrogens is 1. The van der Waals surface area contributed by atoms with E-state index in [1.54, 1.807) is 30.3 Å². The van der Waals surface area contributed by atoms with Crippen LogP contribution >= 0.6 is 11.8 Å². The number of aromatic amines is 1. The lowest BCUT2D eigenvalue weighted by Crippen LogP contribution is -2.45. The molecule has 10 heteroatoms. The zero-order chi connectivity index (χ0) is 19.3. The molecule has 2 aromatic rings. The van der Waals surface area contributed by atoms with Crippen molar-refractivity contribution in [2.24, 2.45) is 5.92 Å². The summed E-state index contributed by atoms with van der Waals surface area (Å²) in [6.45, 7) is 2.98. The third-order valence-corrected chi connectivity index (χ3v) is 7.07. The van der Waals surface area contributed by atoms with Crippen molar-refractivity contribution in [1.82, 2.24) is 24.8 Å². The van der Waals surface area contributed by atoms with Gasteiger partial charge in [0.15, 0.2) is 0 Å². The average molecular weight is 410 g/mol. The third kappa shape index (κ3) is 5.08. The number of hydrogen-bond acceptors (Lipinski definition) is 6. The van der Waals surface area contributed by atoms with Gasteiger partial charge in [-0.05, 0) is 31.9 Å². The SMILES string of the molecule is Cc1nc(SCCNC(=O)[C@@H]2CCCN(S(=O)(=O)c3ccccc3)C2)n[nH]1. The molecule has 0 saturated carbocycles. The number of thioether (sulfide) groups is 1. The molecule has 1 aromatic carbocycles. The molecule has 1 saturated heterocycles. The van der Waals surface area contributed by atoms with Crippen molar-refractivity contribution in [2.45, 2.75) is 29.8 Å². The third-order valence-electron chi connectivity index (χ3n) is 4.35. The van der Waals surface area contributed by atoms with Gasteiger partial charge in [0.05, 0.1) is 10.8 Å². The number of sulfonamides is 1. The Kier molecular flexibility index (Phi) is 6.51. The minimum atomic E-state index is -3.56. The van der Waals surface area contributed by atoms with Gasteiger partial charge in [-0.2, -0.15) is 4.31 Å². The summed E-state index contributed by atoms with van der Waals surface area (Å²) in [5.74, 6) is 0.980. The molecular formula is C17H23N5O3S2. The lowest BCUT2D eigenvalue weighted by Gasteiger charge is -2.31. The molecule has 0 bridgehead atoms. The van der Waals surface area contributed by atoms with Gasteiger partial charge in [-0.1, -0.05) is 30.0 Å². The van der Waals surface area contributed by atoms with Gasteiger partial charge in [0.2, 0.25) is 21.1 Å². The lowest BCUT2D eigenvalue weighted by molar-refractivity contribution is -0.125. The van der Waals surface area contributed by atoms with Gasteiger partial charge in [0.1, 0.15) is 5.82 Å². The molecule has 1 atom stereocenters. The number of nitrogens with zero attached hydrogens (tertiary/aromatic N) is 3. The summed E-state index contributed by atoms with van der Waals surface area (Å²) in [5, 5.41) is 10.3. The number of piperidine rings is 1. The second-order valence-electron chi connectivity index (χ2n) is 6.36. The number of hydrogen-bond donors (Lipinski definition) is 2. The van der Waals surface area contributed by atoms with Crippen molar-refractivity contribution in [1.29, 1.82) is 0 Å². The van der Waals surface area contributed by atoms with Crippen molar-refractivity contribution < 1.29 is 13.2 Å². The molecule has 1 aliphatic rings. The smallest absolute Gasteiger partial charge is 0.243 e. The molecule has 146 valence electrons. The average Bonchev–Trinajstić information content (AvgIpc) is 3.11. The second-order valence-corrected chi connectivity index (χ2v) is 9.36. The van der Waals surface area contributed by atoms with E-state index in [9.17, 15) is 13.2 Å². The molecule has 1 aliphatic heterocycles. The predicted molar refractivity (Wildman–Crippen MR) is 103 cm³/mol. The predicted octanol–water partition coefficient (Wildman–Crippen LogP) is 1.42. The molecule has 27 heavy (non-hydrogen) atoms. The quantitative estimate of drug-likeness (QED) is 0.529. The summed E-state index contributed by atoms with van der Waals surface area (Å²) < 4.78 is 26.9. The maximum absolute atomic E-state index is 12.7. The van der Waals surface area contributed by atoms with Gasteiger partial charge >= 0.3 is 0 Å². The van der Waals surface area contributed by atoms with Crippen molar-refractivity contribution >= 4 is 27.7 Å². The van der Waals surface area contributed by atoms with E-state index in [0.717, 1.165) is 5.82 Å². The Morgan fingerprint density at radius 1 is 1.37 bits per heavy atom. The monoisotopic (exact) mass is 409 g/mol. The molecule has 0 aliphatic carbocycles. The number of carbonyl (C=O) groups excluding carboxylic acids is 1. The van der Waals surface area contributed by atoms with Crippen LogP contribution in [0, 0.1) is 12.8 Å². The summed E-state index contributed by atoms with van der Waals surface area (Å²) in [7, 11) is -3.56. The first-order valence-corrected chi connectivity index (χ1v) is 11.2. The lowest BCUT2D eigenvalue weighted by atomic mass is 9.99.